The highest BCUT2D eigenvalue weighted by Gasteiger charge is 2.51. The first-order chi connectivity index (χ1) is 16.5. The third-order valence-electron chi connectivity index (χ3n) is 6.72. The minimum Gasteiger partial charge on any atom is -0.496 e. The number of aromatic nitrogens is 1. The first kappa shape index (κ1) is 22.2. The number of ether oxygens (including phenoxy) is 1. The Labute approximate surface area is 203 Å². The summed E-state index contributed by atoms with van der Waals surface area (Å²) in [6.45, 7) is 2.58. The minimum absolute atomic E-state index is 0.0121. The molecule has 1 atom stereocenters. The van der Waals surface area contributed by atoms with Crippen molar-refractivity contribution in [1.82, 2.24) is 9.88 Å². The number of rotatable bonds is 5. The van der Waals surface area contributed by atoms with Gasteiger partial charge < -0.3 is 19.9 Å². The van der Waals surface area contributed by atoms with Crippen molar-refractivity contribution in [1.29, 1.82) is 0 Å². The van der Waals surface area contributed by atoms with Gasteiger partial charge in [0.15, 0.2) is 0 Å². The lowest BCUT2D eigenvalue weighted by molar-refractivity contribution is -0.135. The third-order valence-corrected chi connectivity index (χ3v) is 6.96. The number of anilines is 2. The van der Waals surface area contributed by atoms with E-state index < -0.39 is 5.41 Å². The van der Waals surface area contributed by atoms with Crippen LogP contribution in [-0.4, -0.2) is 55.0 Å². The fourth-order valence-corrected chi connectivity index (χ4v) is 5.14. The van der Waals surface area contributed by atoms with Crippen molar-refractivity contribution < 1.29 is 14.3 Å². The Hall–Kier alpha value is -3.58. The molecule has 0 aliphatic carbocycles. The normalized spacial score (nSPS) is 19.5. The van der Waals surface area contributed by atoms with E-state index in [1.165, 1.54) is 0 Å². The molecule has 0 spiro atoms. The van der Waals surface area contributed by atoms with E-state index in [1.54, 1.807) is 37.7 Å². The van der Waals surface area contributed by atoms with Gasteiger partial charge in [0.25, 0.3) is 0 Å². The van der Waals surface area contributed by atoms with Crippen LogP contribution in [0, 0.1) is 0 Å². The van der Waals surface area contributed by atoms with Gasteiger partial charge in [-0.25, -0.2) is 0 Å². The number of methoxy groups -OCH3 is 1. The Morgan fingerprint density at radius 1 is 1.06 bits per heavy atom. The number of nitrogens with one attached hydrogen (secondary N) is 1. The van der Waals surface area contributed by atoms with Gasteiger partial charge >= 0.3 is 0 Å². The van der Waals surface area contributed by atoms with Gasteiger partial charge in [0, 0.05) is 67.0 Å². The van der Waals surface area contributed by atoms with Crippen LogP contribution in [0.4, 0.5) is 11.4 Å². The summed E-state index contributed by atoms with van der Waals surface area (Å²) in [4.78, 5) is 35.4. The molecular formula is C26H25ClN4O3. The molecule has 2 aliphatic rings. The summed E-state index contributed by atoms with van der Waals surface area (Å²) in [6, 6.07) is 16.6. The zero-order chi connectivity index (χ0) is 23.7. The predicted octanol–water partition coefficient (Wildman–Crippen LogP) is 3.72. The second-order valence-electron chi connectivity index (χ2n) is 8.50. The molecule has 2 aliphatic heterocycles. The van der Waals surface area contributed by atoms with Crippen molar-refractivity contribution in [3.63, 3.8) is 0 Å². The number of halogens is 1. The van der Waals surface area contributed by atoms with Gasteiger partial charge in [-0.05, 0) is 42.0 Å². The molecule has 0 radical (unpaired) electrons. The number of nitrogens with zero attached hydrogens (tertiary/aromatic N) is 3. The second-order valence-corrected chi connectivity index (χ2v) is 8.94. The first-order valence-electron chi connectivity index (χ1n) is 11.2. The molecule has 3 aromatic rings. The number of amides is 2. The van der Waals surface area contributed by atoms with Gasteiger partial charge in [0.2, 0.25) is 11.8 Å². The number of hydrogen-bond acceptors (Lipinski definition) is 5. The number of hydrogen-bond donors (Lipinski definition) is 1. The largest absolute Gasteiger partial charge is 0.496 e. The molecule has 1 aromatic heterocycles. The average Bonchev–Trinajstić information content (AvgIpc) is 3.15. The predicted molar refractivity (Wildman–Crippen MR) is 132 cm³/mol. The van der Waals surface area contributed by atoms with Crippen molar-refractivity contribution in [2.24, 2.45) is 0 Å². The van der Waals surface area contributed by atoms with Gasteiger partial charge in [-0.3, -0.25) is 14.6 Å². The Morgan fingerprint density at radius 3 is 2.53 bits per heavy atom. The van der Waals surface area contributed by atoms with Crippen molar-refractivity contribution in [2.75, 3.05) is 43.5 Å². The van der Waals surface area contributed by atoms with E-state index in [1.807, 2.05) is 41.3 Å². The number of carbonyl (C=O) groups is 2. The number of pyridine rings is 1. The lowest BCUT2D eigenvalue weighted by atomic mass is 9.72. The number of benzene rings is 2. The van der Waals surface area contributed by atoms with Crippen LogP contribution in [0.1, 0.15) is 17.5 Å². The van der Waals surface area contributed by atoms with E-state index in [-0.39, 0.29) is 18.2 Å². The monoisotopic (exact) mass is 476 g/mol. The van der Waals surface area contributed by atoms with Crippen LogP contribution in [0.5, 0.6) is 5.75 Å². The Bertz CT molecular complexity index is 1230. The topological polar surface area (TPSA) is 74.8 Å². The molecule has 0 bridgehead atoms. The summed E-state index contributed by atoms with van der Waals surface area (Å²) in [5.41, 5.74) is 1.87. The van der Waals surface area contributed by atoms with Gasteiger partial charge in [0.1, 0.15) is 11.2 Å². The van der Waals surface area contributed by atoms with E-state index in [0.29, 0.717) is 53.8 Å². The summed E-state index contributed by atoms with van der Waals surface area (Å²) in [6.07, 6.45) is 3.53. The quantitative estimate of drug-likeness (QED) is 0.607. The molecule has 1 unspecified atom stereocenters. The molecule has 1 N–H and O–H groups in total. The van der Waals surface area contributed by atoms with Crippen LogP contribution in [-0.2, 0) is 15.0 Å². The van der Waals surface area contributed by atoms with Crippen LogP contribution in [0.25, 0.3) is 0 Å². The highest BCUT2D eigenvalue weighted by atomic mass is 35.5. The van der Waals surface area contributed by atoms with Crippen LogP contribution in [0.3, 0.4) is 0 Å². The standard InChI is InChI=1S/C26H25ClN4O3/c1-34-23-5-3-2-4-20(23)26(21-16-18(27)6-7-22(21)29-25(26)33)17-24(32)31-14-12-30(13-15-31)19-8-10-28-11-9-19/h2-11,16H,12-15,17H2,1H3,(H,29,33). The highest BCUT2D eigenvalue weighted by molar-refractivity contribution is 6.31. The minimum atomic E-state index is -1.23. The van der Waals surface area contributed by atoms with Crippen molar-refractivity contribution in [3.05, 3.63) is 83.1 Å². The summed E-state index contributed by atoms with van der Waals surface area (Å²) < 4.78 is 5.62. The summed E-state index contributed by atoms with van der Waals surface area (Å²) >= 11 is 6.34. The molecule has 5 rings (SSSR count). The second kappa shape index (κ2) is 8.99. The Morgan fingerprint density at radius 2 is 1.79 bits per heavy atom. The molecule has 7 nitrogen and oxygen atoms in total. The van der Waals surface area contributed by atoms with Crippen molar-refractivity contribution in [2.45, 2.75) is 11.8 Å². The first-order valence-corrected chi connectivity index (χ1v) is 11.6. The lowest BCUT2D eigenvalue weighted by Crippen LogP contribution is -2.51. The van der Waals surface area contributed by atoms with E-state index in [4.69, 9.17) is 16.3 Å². The molecular weight excluding hydrogens is 452 g/mol. The number of fused-ring (bicyclic) bond motifs is 1. The molecule has 1 fully saturated rings. The molecule has 1 saturated heterocycles. The van der Waals surface area contributed by atoms with Gasteiger partial charge in [-0.2, -0.15) is 0 Å². The van der Waals surface area contributed by atoms with Gasteiger partial charge in [0.05, 0.1) is 7.11 Å². The van der Waals surface area contributed by atoms with Crippen LogP contribution in [0.15, 0.2) is 67.0 Å². The fraction of sp³-hybridized carbons (Fsp3) is 0.269. The molecule has 2 amide bonds. The van der Waals surface area contributed by atoms with Crippen LogP contribution in [0.2, 0.25) is 5.02 Å². The van der Waals surface area contributed by atoms with E-state index in [0.717, 1.165) is 5.69 Å². The summed E-state index contributed by atoms with van der Waals surface area (Å²) in [5, 5.41) is 3.47. The molecule has 0 saturated carbocycles. The zero-order valence-electron chi connectivity index (χ0n) is 18.8. The maximum absolute atomic E-state index is 13.7. The Balaban J connectivity index is 1.47. The SMILES string of the molecule is COc1ccccc1C1(CC(=O)N2CCN(c3ccncc3)CC2)C(=O)Nc2ccc(Cl)cc21. The number of piperazine rings is 1. The fourth-order valence-electron chi connectivity index (χ4n) is 4.97. The number of carbonyl (C=O) groups excluding carboxylic acids is 2. The highest BCUT2D eigenvalue weighted by Crippen LogP contribution is 2.49. The van der Waals surface area contributed by atoms with Crippen LogP contribution < -0.4 is 15.0 Å². The van der Waals surface area contributed by atoms with Crippen molar-refractivity contribution in [3.8, 4) is 5.75 Å². The Kier molecular flexibility index (Phi) is 5.87. The molecule has 2 aromatic carbocycles. The molecule has 34 heavy (non-hydrogen) atoms. The van der Waals surface area contributed by atoms with Gasteiger partial charge in [-0.15, -0.1) is 0 Å². The van der Waals surface area contributed by atoms with Crippen LogP contribution >= 0.6 is 11.6 Å². The molecule has 3 heterocycles. The van der Waals surface area contributed by atoms with E-state index in [2.05, 4.69) is 15.2 Å². The zero-order valence-corrected chi connectivity index (χ0v) is 19.6. The maximum Gasteiger partial charge on any atom is 0.240 e. The average molecular weight is 477 g/mol. The third kappa shape index (κ3) is 3.76. The molecule has 8 heteroatoms. The smallest absolute Gasteiger partial charge is 0.240 e. The van der Waals surface area contributed by atoms with E-state index >= 15 is 0 Å². The number of para-hydroxylation sites is 1. The molecule has 174 valence electrons. The van der Waals surface area contributed by atoms with Gasteiger partial charge in [-0.1, -0.05) is 29.8 Å². The van der Waals surface area contributed by atoms with E-state index in [9.17, 15) is 9.59 Å². The summed E-state index contributed by atoms with van der Waals surface area (Å²) in [5.74, 6) is 0.224. The van der Waals surface area contributed by atoms with Crippen molar-refractivity contribution >= 4 is 34.8 Å². The lowest BCUT2D eigenvalue weighted by Gasteiger charge is -2.38. The summed E-state index contributed by atoms with van der Waals surface area (Å²) in [7, 11) is 1.57. The maximum atomic E-state index is 13.7.